The molecule has 2 heterocycles. The van der Waals surface area contributed by atoms with E-state index in [9.17, 15) is 14.9 Å². The van der Waals surface area contributed by atoms with Gasteiger partial charge in [0, 0.05) is 29.4 Å². The minimum absolute atomic E-state index is 0.0272. The SMILES string of the molecule is CCCCOc1ccc(-c2nn(-c3ccccc3)cc2/C=C2/C(=O)N(CCc3ccccc3)C(=O)C(C#N)=C2C)c(C)c1. The third-order valence-electron chi connectivity index (χ3n) is 7.58. The monoisotopic (exact) mass is 570 g/mol. The normalized spacial score (nSPS) is 14.4. The van der Waals surface area contributed by atoms with Crippen molar-refractivity contribution in [2.24, 2.45) is 0 Å². The number of hydrogen-bond donors (Lipinski definition) is 0. The highest BCUT2D eigenvalue weighted by atomic mass is 16.5. The number of aromatic nitrogens is 2. The zero-order chi connectivity index (χ0) is 30.3. The van der Waals surface area contributed by atoms with Gasteiger partial charge >= 0.3 is 0 Å². The highest BCUT2D eigenvalue weighted by Gasteiger charge is 2.35. The van der Waals surface area contributed by atoms with Gasteiger partial charge in [-0.1, -0.05) is 61.9 Å². The molecule has 0 unspecified atom stereocenters. The molecular formula is C36H34N4O3. The quantitative estimate of drug-likeness (QED) is 0.118. The van der Waals surface area contributed by atoms with Gasteiger partial charge in [0.05, 0.1) is 12.3 Å². The molecule has 0 saturated carbocycles. The van der Waals surface area contributed by atoms with Crippen LogP contribution in [0.3, 0.4) is 0 Å². The Morgan fingerprint density at radius 1 is 0.953 bits per heavy atom. The molecule has 5 rings (SSSR count). The molecule has 1 aromatic heterocycles. The van der Waals surface area contributed by atoms with Crippen LogP contribution in [-0.4, -0.2) is 39.6 Å². The minimum Gasteiger partial charge on any atom is -0.494 e. The van der Waals surface area contributed by atoms with Crippen LogP contribution in [0, 0.1) is 18.3 Å². The maximum absolute atomic E-state index is 13.8. The molecule has 1 aliphatic rings. The summed E-state index contributed by atoms with van der Waals surface area (Å²) in [6, 6.07) is 27.4. The molecule has 0 atom stereocenters. The first-order valence-corrected chi connectivity index (χ1v) is 14.5. The van der Waals surface area contributed by atoms with Crippen LogP contribution in [0.25, 0.3) is 23.0 Å². The standard InChI is InChI=1S/C36H34N4O3/c1-4-5-20-43-30-16-17-31(25(2)21-30)34-28(24-40(38-34)29-14-10-7-11-15-29)22-32-26(3)33(23-37)36(42)39(35(32)41)19-18-27-12-8-6-9-13-27/h6-17,21-22,24H,4-5,18-20H2,1-3H3/b32-22+. The van der Waals surface area contributed by atoms with E-state index in [1.165, 1.54) is 4.90 Å². The summed E-state index contributed by atoms with van der Waals surface area (Å²) < 4.78 is 7.70. The number of para-hydroxylation sites is 1. The number of aryl methyl sites for hydroxylation is 1. The molecule has 0 fully saturated rings. The summed E-state index contributed by atoms with van der Waals surface area (Å²) in [7, 11) is 0. The van der Waals surface area contributed by atoms with Crippen molar-refractivity contribution in [2.75, 3.05) is 13.2 Å². The summed E-state index contributed by atoms with van der Waals surface area (Å²) in [6.07, 6.45) is 6.16. The number of nitriles is 1. The van der Waals surface area contributed by atoms with E-state index in [-0.39, 0.29) is 12.1 Å². The van der Waals surface area contributed by atoms with Crippen LogP contribution in [-0.2, 0) is 16.0 Å². The van der Waals surface area contributed by atoms with Crippen LogP contribution in [0.2, 0.25) is 0 Å². The van der Waals surface area contributed by atoms with Gasteiger partial charge in [0.2, 0.25) is 0 Å². The molecule has 0 radical (unpaired) electrons. The number of nitrogens with zero attached hydrogens (tertiary/aromatic N) is 4. The Kier molecular flexibility index (Phi) is 8.97. The third-order valence-corrected chi connectivity index (χ3v) is 7.58. The Bertz CT molecular complexity index is 1740. The second kappa shape index (κ2) is 13.2. The van der Waals surface area contributed by atoms with Crippen LogP contribution in [0.4, 0.5) is 0 Å². The smallest absolute Gasteiger partial charge is 0.271 e. The number of carbonyl (C=O) groups is 2. The van der Waals surface area contributed by atoms with Crippen molar-refractivity contribution in [1.29, 1.82) is 5.26 Å². The molecule has 7 heteroatoms. The Morgan fingerprint density at radius 3 is 2.35 bits per heavy atom. The van der Waals surface area contributed by atoms with E-state index in [1.807, 2.05) is 98.1 Å². The Morgan fingerprint density at radius 2 is 1.67 bits per heavy atom. The maximum atomic E-state index is 13.8. The number of unbranched alkanes of at least 4 members (excludes halogenated alkanes) is 1. The summed E-state index contributed by atoms with van der Waals surface area (Å²) in [5.41, 5.74) is 5.76. The molecule has 0 bridgehead atoms. The molecule has 4 aromatic rings. The molecule has 216 valence electrons. The van der Waals surface area contributed by atoms with Crippen molar-refractivity contribution >= 4 is 17.9 Å². The van der Waals surface area contributed by atoms with E-state index < -0.39 is 11.8 Å². The van der Waals surface area contributed by atoms with Gasteiger partial charge in [0.15, 0.2) is 0 Å². The Hall–Kier alpha value is -5.22. The van der Waals surface area contributed by atoms with Crippen LogP contribution in [0.1, 0.15) is 43.4 Å². The number of rotatable bonds is 10. The summed E-state index contributed by atoms with van der Waals surface area (Å²) in [5, 5.41) is 14.8. The van der Waals surface area contributed by atoms with Gasteiger partial charge in [-0.05, 0) is 79.8 Å². The molecular weight excluding hydrogens is 536 g/mol. The van der Waals surface area contributed by atoms with E-state index in [1.54, 1.807) is 17.7 Å². The van der Waals surface area contributed by atoms with Crippen molar-refractivity contribution in [3.63, 3.8) is 0 Å². The van der Waals surface area contributed by atoms with E-state index in [4.69, 9.17) is 9.84 Å². The zero-order valence-electron chi connectivity index (χ0n) is 24.7. The van der Waals surface area contributed by atoms with Crippen molar-refractivity contribution in [3.05, 3.63) is 118 Å². The highest BCUT2D eigenvalue weighted by Crippen LogP contribution is 2.33. The molecule has 0 saturated heterocycles. The van der Waals surface area contributed by atoms with Crippen LogP contribution >= 0.6 is 0 Å². The highest BCUT2D eigenvalue weighted by molar-refractivity contribution is 6.19. The summed E-state index contributed by atoms with van der Waals surface area (Å²) in [4.78, 5) is 28.2. The number of amides is 2. The third kappa shape index (κ3) is 6.34. The van der Waals surface area contributed by atoms with E-state index in [0.717, 1.165) is 41.0 Å². The topological polar surface area (TPSA) is 88.2 Å². The molecule has 3 aromatic carbocycles. The lowest BCUT2D eigenvalue weighted by Gasteiger charge is -2.27. The van der Waals surface area contributed by atoms with Crippen molar-refractivity contribution < 1.29 is 14.3 Å². The molecule has 0 spiro atoms. The number of ether oxygens (including phenoxy) is 1. The first-order chi connectivity index (χ1) is 20.9. The lowest BCUT2D eigenvalue weighted by atomic mass is 9.92. The van der Waals surface area contributed by atoms with E-state index in [0.29, 0.717) is 35.4 Å². The molecule has 1 aliphatic heterocycles. The zero-order valence-corrected chi connectivity index (χ0v) is 24.7. The average molecular weight is 571 g/mol. The van der Waals surface area contributed by atoms with Gasteiger partial charge in [0.25, 0.3) is 11.8 Å². The lowest BCUT2D eigenvalue weighted by Crippen LogP contribution is -2.43. The van der Waals surface area contributed by atoms with Gasteiger partial charge in [0.1, 0.15) is 23.1 Å². The number of benzene rings is 3. The van der Waals surface area contributed by atoms with Gasteiger partial charge in [-0.25, -0.2) is 4.68 Å². The molecule has 0 N–H and O–H groups in total. The van der Waals surface area contributed by atoms with Crippen LogP contribution in [0.15, 0.2) is 102 Å². The van der Waals surface area contributed by atoms with Gasteiger partial charge < -0.3 is 4.74 Å². The average Bonchev–Trinajstić information content (AvgIpc) is 3.44. The maximum Gasteiger partial charge on any atom is 0.271 e. The van der Waals surface area contributed by atoms with Gasteiger partial charge in [-0.3, -0.25) is 14.5 Å². The van der Waals surface area contributed by atoms with Gasteiger partial charge in [-0.15, -0.1) is 0 Å². The van der Waals surface area contributed by atoms with Gasteiger partial charge in [-0.2, -0.15) is 10.4 Å². The molecule has 0 aliphatic carbocycles. The largest absolute Gasteiger partial charge is 0.494 e. The summed E-state index contributed by atoms with van der Waals surface area (Å²) in [5.74, 6) is -0.190. The van der Waals surface area contributed by atoms with E-state index in [2.05, 4.69) is 6.92 Å². The number of imide groups is 1. The first kappa shape index (κ1) is 29.3. The second-order valence-electron chi connectivity index (χ2n) is 10.6. The first-order valence-electron chi connectivity index (χ1n) is 14.5. The number of hydrogen-bond acceptors (Lipinski definition) is 5. The van der Waals surface area contributed by atoms with Crippen LogP contribution in [0.5, 0.6) is 5.75 Å². The Labute approximate surface area is 252 Å². The van der Waals surface area contributed by atoms with Crippen molar-refractivity contribution in [3.8, 4) is 28.8 Å². The second-order valence-corrected chi connectivity index (χ2v) is 10.6. The fourth-order valence-corrected chi connectivity index (χ4v) is 5.12. The fourth-order valence-electron chi connectivity index (χ4n) is 5.12. The predicted molar refractivity (Wildman–Crippen MR) is 167 cm³/mol. The Balaban J connectivity index is 1.58. The number of carbonyl (C=O) groups excluding carboxylic acids is 2. The van der Waals surface area contributed by atoms with Crippen molar-refractivity contribution in [1.82, 2.24) is 14.7 Å². The molecule has 2 amide bonds. The molecule has 43 heavy (non-hydrogen) atoms. The van der Waals surface area contributed by atoms with Crippen molar-refractivity contribution in [2.45, 2.75) is 40.0 Å². The summed E-state index contributed by atoms with van der Waals surface area (Å²) >= 11 is 0. The predicted octanol–water partition coefficient (Wildman–Crippen LogP) is 6.86. The minimum atomic E-state index is -0.562. The lowest BCUT2D eigenvalue weighted by molar-refractivity contribution is -0.140. The fraction of sp³-hybridized carbons (Fsp3) is 0.222. The van der Waals surface area contributed by atoms with E-state index >= 15 is 0 Å². The molecule has 7 nitrogen and oxygen atoms in total. The summed E-state index contributed by atoms with van der Waals surface area (Å²) in [6.45, 7) is 6.62. The van der Waals surface area contributed by atoms with Crippen LogP contribution < -0.4 is 4.74 Å².